The lowest BCUT2D eigenvalue weighted by atomic mass is 10.2. The number of nitrogens with one attached hydrogen (secondary N) is 1. The molecule has 0 aliphatic carbocycles. The Labute approximate surface area is 126 Å². The largest absolute Gasteiger partial charge is 0.376 e. The minimum Gasteiger partial charge on any atom is -0.376 e. The van der Waals surface area contributed by atoms with Crippen molar-refractivity contribution in [1.82, 2.24) is 5.32 Å². The van der Waals surface area contributed by atoms with Crippen LogP contribution in [0.3, 0.4) is 0 Å². The predicted octanol–water partition coefficient (Wildman–Crippen LogP) is 2.98. The number of halogens is 1. The molecular weight excluding hydrogens is 326 g/mol. The first-order chi connectivity index (χ1) is 9.24. The summed E-state index contributed by atoms with van der Waals surface area (Å²) in [6.07, 6.45) is 2.39. The molecule has 0 radical (unpaired) electrons. The van der Waals surface area contributed by atoms with E-state index >= 15 is 0 Å². The summed E-state index contributed by atoms with van der Waals surface area (Å²) in [6.45, 7) is 1.48. The van der Waals surface area contributed by atoms with Crippen LogP contribution in [0.15, 0.2) is 28.7 Å². The van der Waals surface area contributed by atoms with Gasteiger partial charge in [0.2, 0.25) is 5.91 Å². The Kier molecular flexibility index (Phi) is 6.20. The number of benzene rings is 1. The van der Waals surface area contributed by atoms with Gasteiger partial charge in [0.15, 0.2) is 0 Å². The zero-order valence-corrected chi connectivity index (χ0v) is 13.1. The first-order valence-corrected chi connectivity index (χ1v) is 8.39. The minimum atomic E-state index is 0.0931. The Morgan fingerprint density at radius 2 is 2.42 bits per heavy atom. The molecule has 5 heteroatoms. The van der Waals surface area contributed by atoms with Crippen molar-refractivity contribution < 1.29 is 9.53 Å². The molecule has 1 aliphatic heterocycles. The number of ether oxygens (including phenoxy) is 1. The Hall–Kier alpha value is -0.520. The van der Waals surface area contributed by atoms with E-state index in [0.717, 1.165) is 29.7 Å². The SMILES string of the molecule is O=C(CSCc1cccc(Br)c1)NC[C@@H]1CCCO1. The van der Waals surface area contributed by atoms with E-state index in [4.69, 9.17) is 4.74 Å². The molecule has 1 amide bonds. The number of carbonyl (C=O) groups is 1. The van der Waals surface area contributed by atoms with Crippen molar-refractivity contribution in [3.63, 3.8) is 0 Å². The number of thioether (sulfide) groups is 1. The Balaban J connectivity index is 1.60. The summed E-state index contributed by atoms with van der Waals surface area (Å²) in [4.78, 5) is 11.7. The highest BCUT2D eigenvalue weighted by molar-refractivity contribution is 9.10. The lowest BCUT2D eigenvalue weighted by Gasteiger charge is -2.10. The van der Waals surface area contributed by atoms with Crippen LogP contribution in [0.5, 0.6) is 0 Å². The maximum absolute atomic E-state index is 11.7. The van der Waals surface area contributed by atoms with Gasteiger partial charge >= 0.3 is 0 Å². The first kappa shape index (κ1) is 14.9. The molecule has 0 bridgehead atoms. The van der Waals surface area contributed by atoms with Gasteiger partial charge in [0.05, 0.1) is 11.9 Å². The van der Waals surface area contributed by atoms with Gasteiger partial charge in [0.25, 0.3) is 0 Å². The number of amides is 1. The third-order valence-electron chi connectivity index (χ3n) is 2.94. The summed E-state index contributed by atoms with van der Waals surface area (Å²) in [6, 6.07) is 8.17. The van der Waals surface area contributed by atoms with Crippen molar-refractivity contribution in [2.75, 3.05) is 18.9 Å². The number of rotatable bonds is 6. The number of carbonyl (C=O) groups excluding carboxylic acids is 1. The maximum Gasteiger partial charge on any atom is 0.230 e. The third kappa shape index (κ3) is 5.55. The molecule has 1 aromatic rings. The Morgan fingerprint density at radius 3 is 3.16 bits per heavy atom. The van der Waals surface area contributed by atoms with Gasteiger partial charge < -0.3 is 10.1 Å². The normalized spacial score (nSPS) is 18.5. The highest BCUT2D eigenvalue weighted by atomic mass is 79.9. The van der Waals surface area contributed by atoms with Crippen LogP contribution >= 0.6 is 27.7 Å². The topological polar surface area (TPSA) is 38.3 Å². The van der Waals surface area contributed by atoms with Gasteiger partial charge in [-0.15, -0.1) is 11.8 Å². The van der Waals surface area contributed by atoms with Crippen molar-refractivity contribution in [1.29, 1.82) is 0 Å². The predicted molar refractivity (Wildman–Crippen MR) is 82.3 cm³/mol. The molecule has 1 aromatic carbocycles. The van der Waals surface area contributed by atoms with Crippen LogP contribution in [-0.2, 0) is 15.3 Å². The second-order valence-electron chi connectivity index (χ2n) is 4.56. The number of hydrogen-bond donors (Lipinski definition) is 1. The van der Waals surface area contributed by atoms with Crippen LogP contribution in [0, 0.1) is 0 Å². The molecule has 1 saturated heterocycles. The highest BCUT2D eigenvalue weighted by Gasteiger charge is 2.15. The van der Waals surface area contributed by atoms with Crippen LogP contribution in [0.25, 0.3) is 0 Å². The zero-order valence-electron chi connectivity index (χ0n) is 10.7. The molecule has 1 N–H and O–H groups in total. The van der Waals surface area contributed by atoms with Gasteiger partial charge in [-0.05, 0) is 30.5 Å². The Morgan fingerprint density at radius 1 is 1.53 bits per heavy atom. The molecule has 1 atom stereocenters. The fraction of sp³-hybridized carbons (Fsp3) is 0.500. The highest BCUT2D eigenvalue weighted by Crippen LogP contribution is 2.17. The average molecular weight is 344 g/mol. The summed E-state index contributed by atoms with van der Waals surface area (Å²) in [7, 11) is 0. The van der Waals surface area contributed by atoms with Crippen LogP contribution in [0.1, 0.15) is 18.4 Å². The van der Waals surface area contributed by atoms with E-state index in [-0.39, 0.29) is 12.0 Å². The molecule has 0 aromatic heterocycles. The molecule has 0 unspecified atom stereocenters. The number of hydrogen-bond acceptors (Lipinski definition) is 3. The lowest BCUT2D eigenvalue weighted by molar-refractivity contribution is -0.119. The van der Waals surface area contributed by atoms with Gasteiger partial charge in [0.1, 0.15) is 0 Å². The molecule has 1 heterocycles. The van der Waals surface area contributed by atoms with Gasteiger partial charge in [-0.1, -0.05) is 28.1 Å². The van der Waals surface area contributed by atoms with E-state index in [1.54, 1.807) is 11.8 Å². The standard InChI is InChI=1S/C14H18BrNO2S/c15-12-4-1-3-11(7-12)9-19-10-14(17)16-8-13-5-2-6-18-13/h1,3-4,7,13H,2,5-6,8-10H2,(H,16,17)/t13-/m0/s1. The summed E-state index contributed by atoms with van der Waals surface area (Å²) < 4.78 is 6.54. The Bertz CT molecular complexity index is 422. The van der Waals surface area contributed by atoms with E-state index in [9.17, 15) is 4.79 Å². The van der Waals surface area contributed by atoms with Crippen molar-refractivity contribution in [3.8, 4) is 0 Å². The van der Waals surface area contributed by atoms with E-state index in [2.05, 4.69) is 33.4 Å². The molecule has 19 heavy (non-hydrogen) atoms. The van der Waals surface area contributed by atoms with Gasteiger partial charge in [-0.25, -0.2) is 0 Å². The van der Waals surface area contributed by atoms with Gasteiger partial charge in [-0.2, -0.15) is 0 Å². The fourth-order valence-electron chi connectivity index (χ4n) is 1.97. The van der Waals surface area contributed by atoms with E-state index in [1.807, 2.05) is 12.1 Å². The molecule has 1 aliphatic rings. The zero-order chi connectivity index (χ0) is 13.5. The van der Waals surface area contributed by atoms with Crippen molar-refractivity contribution in [2.45, 2.75) is 24.7 Å². The molecule has 0 saturated carbocycles. The second kappa shape index (κ2) is 7.92. The fourth-order valence-corrected chi connectivity index (χ4v) is 3.22. The second-order valence-corrected chi connectivity index (χ2v) is 6.46. The summed E-state index contributed by atoms with van der Waals surface area (Å²) in [5.41, 5.74) is 1.23. The summed E-state index contributed by atoms with van der Waals surface area (Å²) in [5.74, 6) is 1.45. The third-order valence-corrected chi connectivity index (χ3v) is 4.44. The molecule has 2 rings (SSSR count). The summed E-state index contributed by atoms with van der Waals surface area (Å²) >= 11 is 5.08. The molecule has 0 spiro atoms. The van der Waals surface area contributed by atoms with Crippen molar-refractivity contribution in [2.24, 2.45) is 0 Å². The van der Waals surface area contributed by atoms with E-state index in [0.29, 0.717) is 12.3 Å². The monoisotopic (exact) mass is 343 g/mol. The average Bonchev–Trinajstić information content (AvgIpc) is 2.89. The van der Waals surface area contributed by atoms with E-state index in [1.165, 1.54) is 5.56 Å². The van der Waals surface area contributed by atoms with Crippen LogP contribution in [0.4, 0.5) is 0 Å². The van der Waals surface area contributed by atoms with Crippen LogP contribution in [0.2, 0.25) is 0 Å². The van der Waals surface area contributed by atoms with Crippen LogP contribution < -0.4 is 5.32 Å². The van der Waals surface area contributed by atoms with Crippen molar-refractivity contribution >= 4 is 33.6 Å². The maximum atomic E-state index is 11.7. The van der Waals surface area contributed by atoms with E-state index < -0.39 is 0 Å². The summed E-state index contributed by atoms with van der Waals surface area (Å²) in [5, 5.41) is 2.93. The van der Waals surface area contributed by atoms with Crippen LogP contribution in [-0.4, -0.2) is 30.9 Å². The molecule has 3 nitrogen and oxygen atoms in total. The molecule has 104 valence electrons. The quantitative estimate of drug-likeness (QED) is 0.862. The molecular formula is C14H18BrNO2S. The van der Waals surface area contributed by atoms with Crippen molar-refractivity contribution in [3.05, 3.63) is 34.3 Å². The smallest absolute Gasteiger partial charge is 0.230 e. The minimum absolute atomic E-state index is 0.0931. The molecule has 1 fully saturated rings. The van der Waals surface area contributed by atoms with Gasteiger partial charge in [-0.3, -0.25) is 4.79 Å². The first-order valence-electron chi connectivity index (χ1n) is 6.44. The lowest BCUT2D eigenvalue weighted by Crippen LogP contribution is -2.32. The van der Waals surface area contributed by atoms with Gasteiger partial charge in [0, 0.05) is 23.4 Å².